The maximum atomic E-state index is 13.7. The van der Waals surface area contributed by atoms with Crippen molar-refractivity contribution in [2.75, 3.05) is 20.8 Å². The number of alkyl halides is 3. The third-order valence-electron chi connectivity index (χ3n) is 6.65. The molecule has 0 radical (unpaired) electrons. The Morgan fingerprint density at radius 3 is 2.51 bits per heavy atom. The Kier molecular flexibility index (Phi) is 11.6. The van der Waals surface area contributed by atoms with Gasteiger partial charge in [0.1, 0.15) is 17.3 Å². The van der Waals surface area contributed by atoms with Crippen LogP contribution in [-0.2, 0) is 14.3 Å². The van der Waals surface area contributed by atoms with Crippen molar-refractivity contribution in [2.45, 2.75) is 57.9 Å². The maximum absolute atomic E-state index is 13.7. The van der Waals surface area contributed by atoms with E-state index in [-0.39, 0.29) is 24.3 Å². The highest BCUT2D eigenvalue weighted by atomic mass is 19.4. The summed E-state index contributed by atoms with van der Waals surface area (Å²) in [6.07, 6.45) is -1.11. The topological polar surface area (TPSA) is 112 Å². The Hall–Kier alpha value is -3.76. The van der Waals surface area contributed by atoms with Crippen molar-refractivity contribution >= 4 is 17.0 Å². The summed E-state index contributed by atoms with van der Waals surface area (Å²) in [5, 5.41) is 0. The molecule has 1 aliphatic rings. The van der Waals surface area contributed by atoms with Crippen LogP contribution in [0.2, 0.25) is 0 Å². The predicted octanol–water partition coefficient (Wildman–Crippen LogP) is 5.27. The molecule has 4 rings (SSSR count). The summed E-state index contributed by atoms with van der Waals surface area (Å²) in [5.74, 6) is 0.796. The van der Waals surface area contributed by atoms with Crippen LogP contribution >= 0.6 is 0 Å². The van der Waals surface area contributed by atoms with Gasteiger partial charge in [-0.25, -0.2) is 14.4 Å². The largest absolute Gasteiger partial charge is 0.493 e. The normalized spacial score (nSPS) is 20.5. The Balaban J connectivity index is 0.000000273. The first-order valence-electron chi connectivity index (χ1n) is 12.7. The lowest BCUT2D eigenvalue weighted by Gasteiger charge is -2.32. The zero-order chi connectivity index (χ0) is 31.0. The highest BCUT2D eigenvalue weighted by molar-refractivity contribution is 5.79. The molecule has 2 aromatic heterocycles. The van der Waals surface area contributed by atoms with Crippen LogP contribution in [0.25, 0.3) is 11.0 Å². The molecule has 1 fully saturated rings. The monoisotopic (exact) mass is 584 g/mol. The summed E-state index contributed by atoms with van der Waals surface area (Å²) in [6, 6.07) is 3.20. The molecular weight excluding hydrogens is 551 g/mol. The van der Waals surface area contributed by atoms with Crippen LogP contribution in [0.15, 0.2) is 30.7 Å². The van der Waals surface area contributed by atoms with Crippen molar-refractivity contribution in [1.29, 1.82) is 0 Å². The standard InChI is InChI=1S/C14H15F5O2.C12H12N4O2.C2H6/c1-7-9(6-21-13(7,2)14(17,18)19)8-4-5-10(15)11(16)12(8)20-3;1-18-12(17)8(13)3-2-4-9-11-10(5-6-14-9)15-7-16-11;1-2/h4-5,7,9H,6H2,1-3H3;5-8H,3,13H2,1H3,(H,15,16);1-2H3/t7?,9?,13-;;/m1../s1. The molecule has 1 aliphatic heterocycles. The molecule has 13 heteroatoms. The molecule has 3 heterocycles. The number of carbonyl (C=O) groups excluding carboxylic acids is 1. The summed E-state index contributed by atoms with van der Waals surface area (Å²) in [6.45, 7) is 6.11. The van der Waals surface area contributed by atoms with Gasteiger partial charge in [0.25, 0.3) is 0 Å². The van der Waals surface area contributed by atoms with Gasteiger partial charge < -0.3 is 24.9 Å². The highest BCUT2D eigenvalue weighted by Crippen LogP contribution is 2.51. The Bertz CT molecular complexity index is 1390. The molecule has 1 saturated heterocycles. The second-order valence-electron chi connectivity index (χ2n) is 8.89. The summed E-state index contributed by atoms with van der Waals surface area (Å²) in [5.41, 5.74) is 5.55. The van der Waals surface area contributed by atoms with Crippen molar-refractivity contribution in [2.24, 2.45) is 11.7 Å². The number of pyridine rings is 1. The van der Waals surface area contributed by atoms with Crippen LogP contribution in [-0.4, -0.2) is 59.6 Å². The number of ether oxygens (including phenoxy) is 3. The lowest BCUT2D eigenvalue weighted by molar-refractivity contribution is -0.266. The number of hydrogen-bond acceptors (Lipinski definition) is 7. The van der Waals surface area contributed by atoms with Gasteiger partial charge in [-0.15, -0.1) is 0 Å². The molecule has 0 spiro atoms. The molecule has 8 nitrogen and oxygen atoms in total. The Morgan fingerprint density at radius 1 is 1.24 bits per heavy atom. The van der Waals surface area contributed by atoms with Gasteiger partial charge in [0.05, 0.1) is 32.7 Å². The van der Waals surface area contributed by atoms with E-state index in [0.717, 1.165) is 25.6 Å². The number of esters is 1. The quantitative estimate of drug-likeness (QED) is 0.244. The number of aromatic nitrogens is 3. The molecule has 41 heavy (non-hydrogen) atoms. The molecule has 3 N–H and O–H groups in total. The minimum absolute atomic E-state index is 0.178. The van der Waals surface area contributed by atoms with Gasteiger partial charge in [0.15, 0.2) is 17.2 Å². The number of nitrogens with one attached hydrogen (secondary N) is 1. The number of nitrogens with zero attached hydrogens (tertiary/aromatic N) is 2. The number of methoxy groups -OCH3 is 2. The van der Waals surface area contributed by atoms with E-state index >= 15 is 0 Å². The first kappa shape index (κ1) is 33.4. The number of hydrogen-bond donors (Lipinski definition) is 2. The van der Waals surface area contributed by atoms with E-state index in [1.54, 1.807) is 12.5 Å². The number of halogens is 5. The number of benzene rings is 1. The van der Waals surface area contributed by atoms with Gasteiger partial charge in [-0.05, 0) is 25.0 Å². The number of fused-ring (bicyclic) bond motifs is 1. The summed E-state index contributed by atoms with van der Waals surface area (Å²) < 4.78 is 80.6. The van der Waals surface area contributed by atoms with Gasteiger partial charge in [-0.2, -0.15) is 17.6 Å². The second kappa shape index (κ2) is 14.2. The SMILES string of the molecule is CC.COC(=O)C(N)CC#Cc1nccc2[nH]cnc12.COc1c(C2CO[C@@](C)(C(F)(F)F)C2C)ccc(F)c1F. The van der Waals surface area contributed by atoms with Crippen molar-refractivity contribution in [3.8, 4) is 17.6 Å². The van der Waals surface area contributed by atoms with Crippen molar-refractivity contribution in [3.05, 3.63) is 53.6 Å². The summed E-state index contributed by atoms with van der Waals surface area (Å²) >= 11 is 0. The number of imidazole rings is 1. The molecule has 0 aliphatic carbocycles. The predicted molar refractivity (Wildman–Crippen MR) is 142 cm³/mol. The average molecular weight is 585 g/mol. The van der Waals surface area contributed by atoms with Gasteiger partial charge in [0.2, 0.25) is 5.82 Å². The molecular formula is C28H33F5N4O4. The lowest BCUT2D eigenvalue weighted by atomic mass is 9.79. The van der Waals surface area contributed by atoms with E-state index in [9.17, 15) is 26.7 Å². The third kappa shape index (κ3) is 7.31. The van der Waals surface area contributed by atoms with Crippen LogP contribution < -0.4 is 10.5 Å². The van der Waals surface area contributed by atoms with Gasteiger partial charge in [-0.3, -0.25) is 4.79 Å². The van der Waals surface area contributed by atoms with E-state index in [2.05, 4.69) is 31.5 Å². The second-order valence-corrected chi connectivity index (χ2v) is 8.89. The fourth-order valence-corrected chi connectivity index (χ4v) is 4.11. The van der Waals surface area contributed by atoms with E-state index < -0.39 is 47.3 Å². The molecule has 0 saturated carbocycles. The molecule has 1 aromatic carbocycles. The zero-order valence-corrected chi connectivity index (χ0v) is 23.5. The van der Waals surface area contributed by atoms with Gasteiger partial charge in [0, 0.05) is 30.0 Å². The number of H-pyrrole nitrogens is 1. The number of rotatable bonds is 4. The van der Waals surface area contributed by atoms with Crippen LogP contribution in [0.4, 0.5) is 22.0 Å². The van der Waals surface area contributed by atoms with Crippen LogP contribution in [0.5, 0.6) is 5.75 Å². The molecule has 224 valence electrons. The number of carbonyl (C=O) groups is 1. The summed E-state index contributed by atoms with van der Waals surface area (Å²) in [4.78, 5) is 22.3. The minimum Gasteiger partial charge on any atom is -0.493 e. The van der Waals surface area contributed by atoms with Crippen LogP contribution in [0.1, 0.15) is 51.3 Å². The molecule has 4 atom stereocenters. The molecule has 3 aromatic rings. The third-order valence-corrected chi connectivity index (χ3v) is 6.65. The van der Waals surface area contributed by atoms with Crippen LogP contribution in [0.3, 0.4) is 0 Å². The van der Waals surface area contributed by atoms with Crippen molar-refractivity contribution in [1.82, 2.24) is 15.0 Å². The molecule has 0 amide bonds. The van der Waals surface area contributed by atoms with E-state index in [4.69, 9.17) is 15.2 Å². The first-order valence-corrected chi connectivity index (χ1v) is 12.7. The number of nitrogens with two attached hydrogens (primary N) is 1. The number of aromatic amines is 1. The zero-order valence-electron chi connectivity index (χ0n) is 23.5. The van der Waals surface area contributed by atoms with Gasteiger partial charge >= 0.3 is 12.1 Å². The molecule has 3 unspecified atom stereocenters. The van der Waals surface area contributed by atoms with E-state index in [1.165, 1.54) is 20.1 Å². The maximum Gasteiger partial charge on any atom is 0.417 e. The van der Waals surface area contributed by atoms with E-state index in [0.29, 0.717) is 11.2 Å². The fourth-order valence-electron chi connectivity index (χ4n) is 4.11. The summed E-state index contributed by atoms with van der Waals surface area (Å²) in [7, 11) is 2.44. The lowest BCUT2D eigenvalue weighted by Crippen LogP contribution is -2.46. The van der Waals surface area contributed by atoms with Gasteiger partial charge in [-0.1, -0.05) is 32.8 Å². The average Bonchev–Trinajstić information content (AvgIpc) is 3.56. The smallest absolute Gasteiger partial charge is 0.417 e. The molecule has 0 bridgehead atoms. The van der Waals surface area contributed by atoms with Crippen LogP contribution in [0, 0.1) is 29.4 Å². The Labute approximate surface area is 234 Å². The van der Waals surface area contributed by atoms with E-state index in [1.807, 2.05) is 19.9 Å². The van der Waals surface area contributed by atoms with Crippen molar-refractivity contribution in [3.63, 3.8) is 0 Å². The Morgan fingerprint density at radius 2 is 1.93 bits per heavy atom. The first-order chi connectivity index (χ1) is 19.4. The highest BCUT2D eigenvalue weighted by Gasteiger charge is 2.61. The van der Waals surface area contributed by atoms with Crippen molar-refractivity contribution < 1.29 is 41.0 Å². The minimum atomic E-state index is -4.55. The fraction of sp³-hybridized carbons (Fsp3) is 0.464.